The third-order valence-corrected chi connectivity index (χ3v) is 4.39. The zero-order chi connectivity index (χ0) is 20.9. The Balaban J connectivity index is 1.31. The number of esters is 1. The van der Waals surface area contributed by atoms with Crippen molar-refractivity contribution in [3.05, 3.63) is 88.0 Å². The molecule has 0 aliphatic heterocycles. The van der Waals surface area contributed by atoms with Crippen LogP contribution in [0.4, 0.5) is 0 Å². The molecule has 0 saturated heterocycles. The maximum atomic E-state index is 12.0. The predicted molar refractivity (Wildman–Crippen MR) is 108 cm³/mol. The number of aryl methyl sites for hydroxylation is 1. The molecule has 0 atom stereocenters. The highest BCUT2D eigenvalue weighted by Crippen LogP contribution is 2.23. The fraction of sp³-hybridized carbons (Fsp3) is 0.182. The van der Waals surface area contributed by atoms with Crippen molar-refractivity contribution in [1.82, 2.24) is 15.0 Å². The molecule has 0 unspecified atom stereocenters. The van der Waals surface area contributed by atoms with Crippen molar-refractivity contribution in [3.8, 4) is 5.75 Å². The molecule has 0 aliphatic carbocycles. The molecule has 0 amide bonds. The molecule has 8 nitrogen and oxygen atoms in total. The molecule has 2 aromatic carbocycles. The minimum absolute atomic E-state index is 0.0201. The summed E-state index contributed by atoms with van der Waals surface area (Å²) >= 11 is 0. The van der Waals surface area contributed by atoms with Gasteiger partial charge in [-0.2, -0.15) is 0 Å². The quantitative estimate of drug-likeness (QED) is 0.344. The van der Waals surface area contributed by atoms with Crippen LogP contribution in [-0.4, -0.2) is 27.6 Å². The van der Waals surface area contributed by atoms with E-state index < -0.39 is 11.6 Å². The standard InChI is InChI=1S/C22H19N3O5/c1-15-6-8-16(9-7-15)11-25-12-17(23-24-25)13-29-22(27)14-28-20-10-21(26)30-19-5-3-2-4-18(19)20/h2-10,12H,11,13-14H2,1H3. The van der Waals surface area contributed by atoms with E-state index in [1.807, 2.05) is 31.2 Å². The van der Waals surface area contributed by atoms with Gasteiger partial charge in [0.2, 0.25) is 0 Å². The summed E-state index contributed by atoms with van der Waals surface area (Å²) in [6.07, 6.45) is 1.73. The van der Waals surface area contributed by atoms with Crippen molar-refractivity contribution < 1.29 is 18.7 Å². The highest BCUT2D eigenvalue weighted by Gasteiger charge is 2.11. The lowest BCUT2D eigenvalue weighted by Gasteiger charge is -2.08. The Morgan fingerprint density at radius 2 is 1.93 bits per heavy atom. The molecule has 0 bridgehead atoms. The summed E-state index contributed by atoms with van der Waals surface area (Å²) in [6.45, 7) is 2.25. The van der Waals surface area contributed by atoms with E-state index >= 15 is 0 Å². The topological polar surface area (TPSA) is 96.5 Å². The number of hydrogen-bond donors (Lipinski definition) is 0. The van der Waals surface area contributed by atoms with Crippen molar-refractivity contribution in [2.45, 2.75) is 20.1 Å². The molecule has 152 valence electrons. The first kappa shape index (κ1) is 19.4. The summed E-state index contributed by atoms with van der Waals surface area (Å²) in [5.74, 6) is -0.316. The normalized spacial score (nSPS) is 10.8. The molecule has 4 rings (SSSR count). The fourth-order valence-corrected chi connectivity index (χ4v) is 2.90. The van der Waals surface area contributed by atoms with Gasteiger partial charge in [-0.1, -0.05) is 47.2 Å². The van der Waals surface area contributed by atoms with E-state index in [1.165, 1.54) is 11.6 Å². The van der Waals surface area contributed by atoms with Crippen molar-refractivity contribution in [3.63, 3.8) is 0 Å². The fourth-order valence-electron chi connectivity index (χ4n) is 2.90. The van der Waals surface area contributed by atoms with Gasteiger partial charge in [-0.25, -0.2) is 14.3 Å². The first-order valence-corrected chi connectivity index (χ1v) is 9.33. The second-order valence-electron chi connectivity index (χ2n) is 6.77. The summed E-state index contributed by atoms with van der Waals surface area (Å²) in [7, 11) is 0. The van der Waals surface area contributed by atoms with Crippen LogP contribution < -0.4 is 10.4 Å². The number of hydrogen-bond acceptors (Lipinski definition) is 7. The van der Waals surface area contributed by atoms with Gasteiger partial charge in [0.15, 0.2) is 6.61 Å². The van der Waals surface area contributed by atoms with Gasteiger partial charge in [-0.15, -0.1) is 5.10 Å². The van der Waals surface area contributed by atoms with Crippen LogP contribution in [0.25, 0.3) is 11.0 Å². The number of carbonyl (C=O) groups excluding carboxylic acids is 1. The summed E-state index contributed by atoms with van der Waals surface area (Å²) in [4.78, 5) is 23.7. The average molecular weight is 405 g/mol. The number of aromatic nitrogens is 3. The molecule has 8 heteroatoms. The first-order valence-electron chi connectivity index (χ1n) is 9.33. The van der Waals surface area contributed by atoms with E-state index in [0.29, 0.717) is 23.2 Å². The lowest BCUT2D eigenvalue weighted by molar-refractivity contribution is -0.147. The summed E-state index contributed by atoms with van der Waals surface area (Å²) < 4.78 is 17.4. The number of carbonyl (C=O) groups is 1. The van der Waals surface area contributed by atoms with Crippen LogP contribution in [0, 0.1) is 6.92 Å². The number of para-hydroxylation sites is 1. The van der Waals surface area contributed by atoms with Gasteiger partial charge in [0.25, 0.3) is 0 Å². The molecule has 0 radical (unpaired) electrons. The minimum atomic E-state index is -0.583. The van der Waals surface area contributed by atoms with Crippen LogP contribution in [0.5, 0.6) is 5.75 Å². The van der Waals surface area contributed by atoms with Gasteiger partial charge in [-0.3, -0.25) is 0 Å². The zero-order valence-corrected chi connectivity index (χ0v) is 16.3. The second-order valence-corrected chi connectivity index (χ2v) is 6.77. The molecule has 0 spiro atoms. The predicted octanol–water partition coefficient (Wildman–Crippen LogP) is 2.86. The Morgan fingerprint density at radius 1 is 1.13 bits per heavy atom. The molecule has 4 aromatic rings. The maximum absolute atomic E-state index is 12.0. The van der Waals surface area contributed by atoms with Crippen LogP contribution in [-0.2, 0) is 22.7 Å². The first-order chi connectivity index (χ1) is 14.6. The van der Waals surface area contributed by atoms with Crippen molar-refractivity contribution in [2.24, 2.45) is 0 Å². The molecule has 30 heavy (non-hydrogen) atoms. The number of rotatable bonds is 7. The van der Waals surface area contributed by atoms with Crippen molar-refractivity contribution in [2.75, 3.05) is 6.61 Å². The Morgan fingerprint density at radius 3 is 2.77 bits per heavy atom. The average Bonchev–Trinajstić information content (AvgIpc) is 3.19. The molecular weight excluding hydrogens is 386 g/mol. The van der Waals surface area contributed by atoms with Gasteiger partial charge < -0.3 is 13.9 Å². The van der Waals surface area contributed by atoms with E-state index in [-0.39, 0.29) is 19.0 Å². The zero-order valence-electron chi connectivity index (χ0n) is 16.3. The van der Waals surface area contributed by atoms with E-state index in [0.717, 1.165) is 5.56 Å². The Labute approximate surface area is 171 Å². The van der Waals surface area contributed by atoms with E-state index in [2.05, 4.69) is 10.3 Å². The van der Waals surface area contributed by atoms with Gasteiger partial charge in [0.1, 0.15) is 23.6 Å². The van der Waals surface area contributed by atoms with E-state index in [1.54, 1.807) is 35.1 Å². The van der Waals surface area contributed by atoms with E-state index in [9.17, 15) is 9.59 Å². The van der Waals surface area contributed by atoms with Crippen molar-refractivity contribution >= 4 is 16.9 Å². The molecular formula is C22H19N3O5. The number of nitrogens with zero attached hydrogens (tertiary/aromatic N) is 3. The van der Waals surface area contributed by atoms with Crippen LogP contribution in [0.1, 0.15) is 16.8 Å². The van der Waals surface area contributed by atoms with E-state index in [4.69, 9.17) is 13.9 Å². The Kier molecular flexibility index (Phi) is 5.56. The van der Waals surface area contributed by atoms with Gasteiger partial charge >= 0.3 is 11.6 Å². The second kappa shape index (κ2) is 8.60. The molecule has 0 saturated carbocycles. The monoisotopic (exact) mass is 405 g/mol. The lowest BCUT2D eigenvalue weighted by Crippen LogP contribution is -2.15. The van der Waals surface area contributed by atoms with Crippen molar-refractivity contribution in [1.29, 1.82) is 0 Å². The molecule has 0 N–H and O–H groups in total. The Hall–Kier alpha value is -3.94. The Bertz CT molecular complexity index is 1230. The van der Waals surface area contributed by atoms with Crippen LogP contribution >= 0.6 is 0 Å². The van der Waals surface area contributed by atoms with Crippen LogP contribution in [0.15, 0.2) is 70.0 Å². The van der Waals surface area contributed by atoms with Crippen LogP contribution in [0.2, 0.25) is 0 Å². The highest BCUT2D eigenvalue weighted by molar-refractivity contribution is 5.83. The van der Waals surface area contributed by atoms with Gasteiger partial charge in [0, 0.05) is 0 Å². The number of ether oxygens (including phenoxy) is 2. The number of fused-ring (bicyclic) bond motifs is 1. The molecule has 2 aromatic heterocycles. The third kappa shape index (κ3) is 4.72. The lowest BCUT2D eigenvalue weighted by atomic mass is 10.1. The molecule has 0 aliphatic rings. The van der Waals surface area contributed by atoms with Gasteiger partial charge in [0.05, 0.1) is 24.2 Å². The summed E-state index contributed by atoms with van der Waals surface area (Å²) in [5, 5.41) is 8.66. The third-order valence-electron chi connectivity index (χ3n) is 4.39. The smallest absolute Gasteiger partial charge is 0.344 e. The molecule has 0 fully saturated rings. The summed E-state index contributed by atoms with van der Waals surface area (Å²) in [5.41, 5.74) is 2.65. The summed E-state index contributed by atoms with van der Waals surface area (Å²) in [6, 6.07) is 16.3. The molecule has 2 heterocycles. The largest absolute Gasteiger partial charge is 0.481 e. The van der Waals surface area contributed by atoms with Crippen LogP contribution in [0.3, 0.4) is 0 Å². The maximum Gasteiger partial charge on any atom is 0.344 e. The number of benzene rings is 2. The van der Waals surface area contributed by atoms with Gasteiger partial charge in [-0.05, 0) is 24.6 Å². The highest BCUT2D eigenvalue weighted by atomic mass is 16.6. The SMILES string of the molecule is Cc1ccc(Cn2cc(COC(=O)COc3cc(=O)oc4ccccc34)nn2)cc1. The minimum Gasteiger partial charge on any atom is -0.481 e.